The lowest BCUT2D eigenvalue weighted by Gasteiger charge is -2.09. The Labute approximate surface area is 181 Å². The molecule has 1 saturated carbocycles. The second-order valence-corrected chi connectivity index (χ2v) is 7.76. The third-order valence-corrected chi connectivity index (χ3v) is 5.32. The van der Waals surface area contributed by atoms with Crippen LogP contribution in [-0.4, -0.2) is 30.8 Å². The van der Waals surface area contributed by atoms with Crippen LogP contribution in [0.5, 0.6) is 0 Å². The number of hydrogen-bond donors (Lipinski definition) is 3. The van der Waals surface area contributed by atoms with Crippen molar-refractivity contribution in [2.45, 2.75) is 19.3 Å². The van der Waals surface area contributed by atoms with Gasteiger partial charge in [0.15, 0.2) is 0 Å². The van der Waals surface area contributed by atoms with Gasteiger partial charge in [0.2, 0.25) is 11.8 Å². The summed E-state index contributed by atoms with van der Waals surface area (Å²) in [4.78, 5) is 36.3. The summed E-state index contributed by atoms with van der Waals surface area (Å²) in [6.07, 6.45) is 2.20. The smallest absolute Gasteiger partial charge is 0.251 e. The molecule has 3 aromatic rings. The SMILES string of the molecule is O=C(Cc1cccc2ccccc12)Nc1ccc(C(=O)NCCNC(=O)C2CC2)cc1. The highest BCUT2D eigenvalue weighted by Crippen LogP contribution is 2.28. The van der Waals surface area contributed by atoms with Gasteiger partial charge in [0.05, 0.1) is 6.42 Å². The minimum atomic E-state index is -0.214. The van der Waals surface area contributed by atoms with E-state index in [9.17, 15) is 14.4 Å². The number of anilines is 1. The van der Waals surface area contributed by atoms with E-state index in [2.05, 4.69) is 16.0 Å². The number of carbonyl (C=O) groups excluding carboxylic acids is 3. The molecule has 0 aliphatic heterocycles. The molecule has 0 radical (unpaired) electrons. The van der Waals surface area contributed by atoms with Gasteiger partial charge in [0, 0.05) is 30.3 Å². The fourth-order valence-corrected chi connectivity index (χ4v) is 3.48. The van der Waals surface area contributed by atoms with Crippen LogP contribution in [0.4, 0.5) is 5.69 Å². The van der Waals surface area contributed by atoms with Crippen molar-refractivity contribution in [1.82, 2.24) is 10.6 Å². The topological polar surface area (TPSA) is 87.3 Å². The predicted molar refractivity (Wildman–Crippen MR) is 121 cm³/mol. The van der Waals surface area contributed by atoms with Gasteiger partial charge in [0.25, 0.3) is 5.91 Å². The quantitative estimate of drug-likeness (QED) is 0.494. The zero-order valence-corrected chi connectivity index (χ0v) is 17.2. The number of fused-ring (bicyclic) bond motifs is 1. The first-order valence-electron chi connectivity index (χ1n) is 10.5. The van der Waals surface area contributed by atoms with Crippen molar-refractivity contribution in [2.24, 2.45) is 5.92 Å². The minimum absolute atomic E-state index is 0.0674. The first-order valence-corrected chi connectivity index (χ1v) is 10.5. The Hall–Kier alpha value is -3.67. The second kappa shape index (κ2) is 9.43. The maximum absolute atomic E-state index is 12.5. The summed E-state index contributed by atoms with van der Waals surface area (Å²) in [5.74, 6) is -0.0915. The van der Waals surface area contributed by atoms with Gasteiger partial charge in [-0.15, -0.1) is 0 Å². The number of amides is 3. The van der Waals surface area contributed by atoms with E-state index in [1.807, 2.05) is 42.5 Å². The summed E-state index contributed by atoms with van der Waals surface area (Å²) in [5, 5.41) is 10.7. The summed E-state index contributed by atoms with van der Waals surface area (Å²) in [7, 11) is 0. The minimum Gasteiger partial charge on any atom is -0.354 e. The van der Waals surface area contributed by atoms with E-state index >= 15 is 0 Å². The average molecular weight is 415 g/mol. The van der Waals surface area contributed by atoms with Crippen molar-refractivity contribution in [3.05, 3.63) is 77.9 Å². The van der Waals surface area contributed by atoms with E-state index in [4.69, 9.17) is 0 Å². The largest absolute Gasteiger partial charge is 0.354 e. The fraction of sp³-hybridized carbons (Fsp3) is 0.240. The molecule has 0 unspecified atom stereocenters. The van der Waals surface area contributed by atoms with Crippen LogP contribution >= 0.6 is 0 Å². The lowest BCUT2D eigenvalue weighted by molar-refractivity contribution is -0.122. The molecule has 158 valence electrons. The van der Waals surface area contributed by atoms with Crippen molar-refractivity contribution in [3.8, 4) is 0 Å². The first-order chi connectivity index (χ1) is 15.1. The zero-order chi connectivity index (χ0) is 21.6. The third-order valence-electron chi connectivity index (χ3n) is 5.32. The molecule has 0 atom stereocenters. The molecule has 3 aromatic carbocycles. The Balaban J connectivity index is 1.27. The first kappa shape index (κ1) is 20.6. The van der Waals surface area contributed by atoms with Crippen molar-refractivity contribution in [1.29, 1.82) is 0 Å². The summed E-state index contributed by atoms with van der Waals surface area (Å²) < 4.78 is 0. The van der Waals surface area contributed by atoms with E-state index in [0.29, 0.717) is 24.3 Å². The number of benzene rings is 3. The van der Waals surface area contributed by atoms with Crippen LogP contribution < -0.4 is 16.0 Å². The van der Waals surface area contributed by atoms with E-state index in [1.165, 1.54) is 0 Å². The summed E-state index contributed by atoms with van der Waals surface area (Å²) in [6, 6.07) is 20.7. The molecule has 0 saturated heterocycles. The number of carbonyl (C=O) groups is 3. The highest BCUT2D eigenvalue weighted by atomic mass is 16.2. The molecule has 1 aliphatic carbocycles. The molecule has 6 heteroatoms. The van der Waals surface area contributed by atoms with Crippen molar-refractivity contribution in [2.75, 3.05) is 18.4 Å². The van der Waals surface area contributed by atoms with Gasteiger partial charge in [-0.3, -0.25) is 14.4 Å². The molecule has 0 heterocycles. The molecule has 0 spiro atoms. The Morgan fingerprint density at radius 1 is 0.806 bits per heavy atom. The Morgan fingerprint density at radius 3 is 2.29 bits per heavy atom. The van der Waals surface area contributed by atoms with Gasteiger partial charge in [-0.2, -0.15) is 0 Å². The molecule has 3 amide bonds. The molecule has 3 N–H and O–H groups in total. The molecule has 0 bridgehead atoms. The van der Waals surface area contributed by atoms with Crippen LogP contribution in [0.15, 0.2) is 66.7 Å². The molecule has 6 nitrogen and oxygen atoms in total. The molecule has 1 fully saturated rings. The van der Waals surface area contributed by atoms with Crippen LogP contribution in [-0.2, 0) is 16.0 Å². The normalized spacial score (nSPS) is 12.9. The van der Waals surface area contributed by atoms with E-state index in [1.54, 1.807) is 24.3 Å². The van der Waals surface area contributed by atoms with Gasteiger partial charge >= 0.3 is 0 Å². The van der Waals surface area contributed by atoms with Crippen LogP contribution in [0.25, 0.3) is 10.8 Å². The average Bonchev–Trinajstić information content (AvgIpc) is 3.63. The molecular weight excluding hydrogens is 390 g/mol. The van der Waals surface area contributed by atoms with Gasteiger partial charge in [-0.1, -0.05) is 42.5 Å². The zero-order valence-electron chi connectivity index (χ0n) is 17.2. The van der Waals surface area contributed by atoms with Gasteiger partial charge in [0.1, 0.15) is 0 Å². The van der Waals surface area contributed by atoms with Gasteiger partial charge < -0.3 is 16.0 Å². The monoisotopic (exact) mass is 415 g/mol. The second-order valence-electron chi connectivity index (χ2n) is 7.76. The molecule has 31 heavy (non-hydrogen) atoms. The van der Waals surface area contributed by atoms with E-state index in [-0.39, 0.29) is 30.1 Å². The standard InChI is InChI=1S/C25H25N3O3/c29-23(16-20-6-3-5-17-4-1-2-7-22(17)20)28-21-12-10-19(11-13-21)25(31)27-15-14-26-24(30)18-8-9-18/h1-7,10-13,18H,8-9,14-16H2,(H,26,30)(H,27,31)(H,28,29). The maximum atomic E-state index is 12.5. The number of nitrogens with one attached hydrogen (secondary N) is 3. The van der Waals surface area contributed by atoms with Crippen LogP contribution in [0.3, 0.4) is 0 Å². The van der Waals surface area contributed by atoms with Crippen molar-refractivity contribution >= 4 is 34.2 Å². The lowest BCUT2D eigenvalue weighted by Crippen LogP contribution is -2.35. The van der Waals surface area contributed by atoms with E-state index < -0.39 is 0 Å². The van der Waals surface area contributed by atoms with Crippen LogP contribution in [0.1, 0.15) is 28.8 Å². The van der Waals surface area contributed by atoms with Crippen molar-refractivity contribution in [3.63, 3.8) is 0 Å². The summed E-state index contributed by atoms with van der Waals surface area (Å²) in [6.45, 7) is 0.796. The third kappa shape index (κ3) is 5.48. The molecule has 0 aromatic heterocycles. The Kier molecular flexibility index (Phi) is 6.26. The Bertz CT molecular complexity index is 1100. The summed E-state index contributed by atoms with van der Waals surface area (Å²) >= 11 is 0. The lowest BCUT2D eigenvalue weighted by atomic mass is 10.0. The van der Waals surface area contributed by atoms with Gasteiger partial charge in [-0.05, 0) is 53.4 Å². The van der Waals surface area contributed by atoms with Crippen molar-refractivity contribution < 1.29 is 14.4 Å². The molecule has 4 rings (SSSR count). The number of rotatable bonds is 8. The number of hydrogen-bond acceptors (Lipinski definition) is 3. The molecule has 1 aliphatic rings. The Morgan fingerprint density at radius 2 is 1.52 bits per heavy atom. The van der Waals surface area contributed by atoms with Crippen LogP contribution in [0.2, 0.25) is 0 Å². The van der Waals surface area contributed by atoms with Gasteiger partial charge in [-0.25, -0.2) is 0 Å². The fourth-order valence-electron chi connectivity index (χ4n) is 3.48. The predicted octanol–water partition coefficient (Wildman–Crippen LogP) is 3.28. The maximum Gasteiger partial charge on any atom is 0.251 e. The molecular formula is C25H25N3O3. The van der Waals surface area contributed by atoms with Crippen LogP contribution in [0, 0.1) is 5.92 Å². The summed E-state index contributed by atoms with van der Waals surface area (Å²) in [5.41, 5.74) is 2.11. The highest BCUT2D eigenvalue weighted by Gasteiger charge is 2.29. The van der Waals surface area contributed by atoms with E-state index in [0.717, 1.165) is 29.2 Å². The highest BCUT2D eigenvalue weighted by molar-refractivity contribution is 5.97.